The molecule has 0 aromatic carbocycles. The van der Waals surface area contributed by atoms with Crippen LogP contribution in [-0.4, -0.2) is 17.6 Å². The Morgan fingerprint density at radius 2 is 2.38 bits per heavy atom. The molecule has 0 fully saturated rings. The Labute approximate surface area is 79.4 Å². The highest BCUT2D eigenvalue weighted by Gasteiger charge is 2.00. The fourth-order valence-electron chi connectivity index (χ4n) is 1.06. The summed E-state index contributed by atoms with van der Waals surface area (Å²) < 4.78 is 0. The van der Waals surface area contributed by atoms with Gasteiger partial charge in [0.05, 0.1) is 0 Å². The van der Waals surface area contributed by atoms with Crippen molar-refractivity contribution >= 4 is 5.69 Å². The lowest BCUT2D eigenvalue weighted by atomic mass is 10.2. The number of aryl methyl sites for hydroxylation is 1. The van der Waals surface area contributed by atoms with Gasteiger partial charge in [0.25, 0.3) is 0 Å². The standard InChI is InChI=1S/C10H17N3/c1-3-9(11)7-13-10-4-5-12-6-8(10)2/h4-6,9H,3,7,11H2,1-2H3,(H,12,13). The monoisotopic (exact) mass is 179 g/mol. The number of nitrogens with two attached hydrogens (primary N) is 1. The SMILES string of the molecule is CCC(N)CNc1ccncc1C. The molecule has 1 rings (SSSR count). The summed E-state index contributed by atoms with van der Waals surface area (Å²) in [6.45, 7) is 4.94. The van der Waals surface area contributed by atoms with Gasteiger partial charge < -0.3 is 11.1 Å². The predicted octanol–water partition coefficient (Wildman–Crippen LogP) is 1.54. The van der Waals surface area contributed by atoms with E-state index in [0.717, 1.165) is 24.2 Å². The number of hydrogen-bond donors (Lipinski definition) is 2. The fourth-order valence-corrected chi connectivity index (χ4v) is 1.06. The third-order valence-corrected chi connectivity index (χ3v) is 2.10. The molecule has 13 heavy (non-hydrogen) atoms. The van der Waals surface area contributed by atoms with E-state index < -0.39 is 0 Å². The number of nitrogens with zero attached hydrogens (tertiary/aromatic N) is 1. The average Bonchev–Trinajstić information content (AvgIpc) is 2.16. The first-order valence-corrected chi connectivity index (χ1v) is 4.64. The predicted molar refractivity (Wildman–Crippen MR) is 55.7 cm³/mol. The molecule has 1 atom stereocenters. The van der Waals surface area contributed by atoms with E-state index in [1.54, 1.807) is 6.20 Å². The number of rotatable bonds is 4. The molecule has 0 aliphatic carbocycles. The van der Waals surface area contributed by atoms with E-state index in [-0.39, 0.29) is 6.04 Å². The molecule has 0 bridgehead atoms. The molecule has 1 heterocycles. The molecule has 0 amide bonds. The largest absolute Gasteiger partial charge is 0.383 e. The number of aromatic nitrogens is 1. The first-order valence-electron chi connectivity index (χ1n) is 4.64. The minimum Gasteiger partial charge on any atom is -0.383 e. The maximum Gasteiger partial charge on any atom is 0.0401 e. The lowest BCUT2D eigenvalue weighted by molar-refractivity contribution is 0.679. The van der Waals surface area contributed by atoms with Crippen LogP contribution in [0.5, 0.6) is 0 Å². The van der Waals surface area contributed by atoms with Crippen LogP contribution in [0.2, 0.25) is 0 Å². The van der Waals surface area contributed by atoms with Gasteiger partial charge in [-0.3, -0.25) is 4.98 Å². The van der Waals surface area contributed by atoms with E-state index in [0.29, 0.717) is 0 Å². The van der Waals surface area contributed by atoms with Gasteiger partial charge in [-0.15, -0.1) is 0 Å². The van der Waals surface area contributed by atoms with Gasteiger partial charge >= 0.3 is 0 Å². The average molecular weight is 179 g/mol. The lowest BCUT2D eigenvalue weighted by Gasteiger charge is -2.12. The molecule has 0 aliphatic rings. The normalized spacial score (nSPS) is 12.5. The number of pyridine rings is 1. The smallest absolute Gasteiger partial charge is 0.0401 e. The van der Waals surface area contributed by atoms with Crippen molar-refractivity contribution in [2.45, 2.75) is 26.3 Å². The molecule has 3 nitrogen and oxygen atoms in total. The van der Waals surface area contributed by atoms with Crippen molar-refractivity contribution in [1.82, 2.24) is 4.98 Å². The van der Waals surface area contributed by atoms with Gasteiger partial charge in [0.15, 0.2) is 0 Å². The quantitative estimate of drug-likeness (QED) is 0.737. The van der Waals surface area contributed by atoms with E-state index in [2.05, 4.69) is 17.2 Å². The van der Waals surface area contributed by atoms with Gasteiger partial charge in [0.1, 0.15) is 0 Å². The third-order valence-electron chi connectivity index (χ3n) is 2.10. The van der Waals surface area contributed by atoms with Crippen LogP contribution in [0.1, 0.15) is 18.9 Å². The lowest BCUT2D eigenvalue weighted by Crippen LogP contribution is -2.28. The van der Waals surface area contributed by atoms with Crippen LogP contribution in [0.3, 0.4) is 0 Å². The zero-order valence-corrected chi connectivity index (χ0v) is 8.25. The van der Waals surface area contributed by atoms with Gasteiger partial charge in [-0.25, -0.2) is 0 Å². The van der Waals surface area contributed by atoms with E-state index in [9.17, 15) is 0 Å². The van der Waals surface area contributed by atoms with Gasteiger partial charge in [0, 0.05) is 30.7 Å². The van der Waals surface area contributed by atoms with Crippen LogP contribution in [0, 0.1) is 6.92 Å². The van der Waals surface area contributed by atoms with E-state index in [1.165, 1.54) is 0 Å². The van der Waals surface area contributed by atoms with Crippen molar-refractivity contribution in [3.63, 3.8) is 0 Å². The Balaban J connectivity index is 2.50. The summed E-state index contributed by atoms with van der Waals surface area (Å²) in [5, 5.41) is 3.30. The molecular formula is C10H17N3. The molecule has 0 saturated heterocycles. The summed E-state index contributed by atoms with van der Waals surface area (Å²) >= 11 is 0. The minimum atomic E-state index is 0.229. The molecule has 0 spiro atoms. The Kier molecular flexibility index (Phi) is 3.71. The molecule has 3 N–H and O–H groups in total. The molecule has 1 aromatic rings. The summed E-state index contributed by atoms with van der Waals surface area (Å²) in [7, 11) is 0. The second-order valence-electron chi connectivity index (χ2n) is 3.24. The molecule has 72 valence electrons. The van der Waals surface area contributed by atoms with Crippen LogP contribution < -0.4 is 11.1 Å². The topological polar surface area (TPSA) is 50.9 Å². The number of nitrogens with one attached hydrogen (secondary N) is 1. The molecular weight excluding hydrogens is 162 g/mol. The first-order chi connectivity index (χ1) is 6.24. The molecule has 1 unspecified atom stereocenters. The molecule has 1 aromatic heterocycles. The maximum atomic E-state index is 5.79. The second-order valence-corrected chi connectivity index (χ2v) is 3.24. The second kappa shape index (κ2) is 4.82. The molecule has 0 saturated carbocycles. The van der Waals surface area contributed by atoms with E-state index in [1.807, 2.05) is 19.2 Å². The van der Waals surface area contributed by atoms with Crippen LogP contribution in [0.25, 0.3) is 0 Å². The summed E-state index contributed by atoms with van der Waals surface area (Å²) in [4.78, 5) is 4.02. The summed E-state index contributed by atoms with van der Waals surface area (Å²) in [6, 6.07) is 2.20. The summed E-state index contributed by atoms with van der Waals surface area (Å²) in [6.07, 6.45) is 4.63. The van der Waals surface area contributed by atoms with Gasteiger partial charge in [-0.2, -0.15) is 0 Å². The third kappa shape index (κ3) is 3.03. The highest BCUT2D eigenvalue weighted by Crippen LogP contribution is 2.10. The Morgan fingerprint density at radius 3 is 3.00 bits per heavy atom. The van der Waals surface area contributed by atoms with Crippen molar-refractivity contribution in [2.75, 3.05) is 11.9 Å². The van der Waals surface area contributed by atoms with Gasteiger partial charge in [-0.1, -0.05) is 6.92 Å². The van der Waals surface area contributed by atoms with Crippen molar-refractivity contribution in [1.29, 1.82) is 0 Å². The van der Waals surface area contributed by atoms with Crippen LogP contribution in [0.4, 0.5) is 5.69 Å². The molecule has 0 radical (unpaired) electrons. The highest BCUT2D eigenvalue weighted by molar-refractivity contribution is 5.48. The maximum absolute atomic E-state index is 5.79. The van der Waals surface area contributed by atoms with Crippen LogP contribution in [0.15, 0.2) is 18.5 Å². The Bertz CT molecular complexity index is 260. The Morgan fingerprint density at radius 1 is 1.62 bits per heavy atom. The van der Waals surface area contributed by atoms with E-state index >= 15 is 0 Å². The van der Waals surface area contributed by atoms with Crippen molar-refractivity contribution in [2.24, 2.45) is 5.73 Å². The zero-order valence-electron chi connectivity index (χ0n) is 8.25. The first kappa shape index (κ1) is 9.99. The van der Waals surface area contributed by atoms with Gasteiger partial charge in [0.2, 0.25) is 0 Å². The van der Waals surface area contributed by atoms with Crippen molar-refractivity contribution in [3.05, 3.63) is 24.0 Å². The fraction of sp³-hybridized carbons (Fsp3) is 0.500. The highest BCUT2D eigenvalue weighted by atomic mass is 14.9. The van der Waals surface area contributed by atoms with Gasteiger partial charge in [-0.05, 0) is 25.0 Å². The minimum absolute atomic E-state index is 0.229. The van der Waals surface area contributed by atoms with Crippen LogP contribution >= 0.6 is 0 Å². The van der Waals surface area contributed by atoms with Crippen molar-refractivity contribution < 1.29 is 0 Å². The Hall–Kier alpha value is -1.09. The molecule has 0 aliphatic heterocycles. The summed E-state index contributed by atoms with van der Waals surface area (Å²) in [5.74, 6) is 0. The number of anilines is 1. The zero-order chi connectivity index (χ0) is 9.68. The van der Waals surface area contributed by atoms with Crippen molar-refractivity contribution in [3.8, 4) is 0 Å². The van der Waals surface area contributed by atoms with E-state index in [4.69, 9.17) is 5.73 Å². The summed E-state index contributed by atoms with van der Waals surface area (Å²) in [5.41, 5.74) is 8.07. The number of hydrogen-bond acceptors (Lipinski definition) is 3. The molecule has 3 heteroatoms. The van der Waals surface area contributed by atoms with Crippen LogP contribution in [-0.2, 0) is 0 Å².